The molecule has 1 aromatic heterocycles. The van der Waals surface area contributed by atoms with Crippen molar-refractivity contribution < 1.29 is 14.6 Å². The second kappa shape index (κ2) is 6.84. The van der Waals surface area contributed by atoms with Crippen molar-refractivity contribution in [3.63, 3.8) is 0 Å². The van der Waals surface area contributed by atoms with E-state index in [2.05, 4.69) is 11.0 Å². The van der Waals surface area contributed by atoms with Crippen LogP contribution in [0.15, 0.2) is 17.5 Å². The fourth-order valence-corrected chi connectivity index (χ4v) is 3.15. The van der Waals surface area contributed by atoms with Crippen molar-refractivity contribution in [2.24, 2.45) is 0 Å². The van der Waals surface area contributed by atoms with Gasteiger partial charge >= 0.3 is 5.97 Å². The van der Waals surface area contributed by atoms with E-state index in [1.165, 1.54) is 11.0 Å². The molecule has 0 aliphatic carbocycles. The topological polar surface area (TPSA) is 49.8 Å². The Hall–Kier alpha value is -1.17. The van der Waals surface area contributed by atoms with Crippen LogP contribution in [0, 0.1) is 0 Å². The Balaban J connectivity index is 1.85. The standard InChI is InChI=1S/C14H19NO3S/c1-18-12-4-6-15(7-5-12)9-13-8-11(10-19-13)2-3-14(16)17/h2-3,8,10,12H,4-7,9H2,1H3,(H,16,17). The van der Waals surface area contributed by atoms with Crippen LogP contribution in [0.5, 0.6) is 0 Å². The summed E-state index contributed by atoms with van der Waals surface area (Å²) in [6, 6.07) is 2.06. The molecule has 0 atom stereocenters. The number of hydrogen-bond acceptors (Lipinski definition) is 4. The maximum Gasteiger partial charge on any atom is 0.328 e. The Bertz CT molecular complexity index is 447. The van der Waals surface area contributed by atoms with E-state index in [9.17, 15) is 4.79 Å². The minimum atomic E-state index is -0.908. The summed E-state index contributed by atoms with van der Waals surface area (Å²) >= 11 is 1.68. The second-order valence-electron chi connectivity index (χ2n) is 4.73. The number of nitrogens with zero attached hydrogens (tertiary/aromatic N) is 1. The number of methoxy groups -OCH3 is 1. The van der Waals surface area contributed by atoms with Crippen LogP contribution in [0.3, 0.4) is 0 Å². The molecule has 0 radical (unpaired) electrons. The predicted octanol–water partition coefficient (Wildman–Crippen LogP) is 2.46. The van der Waals surface area contributed by atoms with Crippen molar-refractivity contribution in [3.05, 3.63) is 28.0 Å². The van der Waals surface area contributed by atoms with E-state index in [0.717, 1.165) is 38.0 Å². The monoisotopic (exact) mass is 281 g/mol. The second-order valence-corrected chi connectivity index (χ2v) is 5.72. The number of thiophene rings is 1. The number of likely N-dealkylation sites (tertiary alicyclic amines) is 1. The van der Waals surface area contributed by atoms with Gasteiger partial charge in [0.2, 0.25) is 0 Å². The summed E-state index contributed by atoms with van der Waals surface area (Å²) < 4.78 is 5.36. The van der Waals surface area contributed by atoms with Crippen LogP contribution in [0.2, 0.25) is 0 Å². The number of piperidine rings is 1. The zero-order valence-corrected chi connectivity index (χ0v) is 11.9. The van der Waals surface area contributed by atoms with E-state index in [0.29, 0.717) is 6.10 Å². The van der Waals surface area contributed by atoms with Gasteiger partial charge in [0, 0.05) is 37.7 Å². The van der Waals surface area contributed by atoms with Gasteiger partial charge in [-0.15, -0.1) is 11.3 Å². The zero-order valence-electron chi connectivity index (χ0n) is 11.0. The van der Waals surface area contributed by atoms with Gasteiger partial charge in [0.1, 0.15) is 0 Å². The fourth-order valence-electron chi connectivity index (χ4n) is 2.26. The molecule has 0 unspecified atom stereocenters. The lowest BCUT2D eigenvalue weighted by molar-refractivity contribution is -0.131. The highest BCUT2D eigenvalue weighted by atomic mass is 32.1. The Kier molecular flexibility index (Phi) is 5.13. The highest BCUT2D eigenvalue weighted by molar-refractivity contribution is 7.10. The van der Waals surface area contributed by atoms with Crippen molar-refractivity contribution in [2.75, 3.05) is 20.2 Å². The number of hydrogen-bond donors (Lipinski definition) is 1. The van der Waals surface area contributed by atoms with Crippen LogP contribution in [-0.2, 0) is 16.1 Å². The molecule has 1 aromatic rings. The molecule has 0 bridgehead atoms. The number of carbonyl (C=O) groups is 1. The molecule has 1 fully saturated rings. The lowest BCUT2D eigenvalue weighted by atomic mass is 10.1. The molecular formula is C14H19NO3S. The number of carboxylic acids is 1. The molecule has 1 saturated heterocycles. The average molecular weight is 281 g/mol. The minimum Gasteiger partial charge on any atom is -0.478 e. The van der Waals surface area contributed by atoms with Crippen molar-refractivity contribution >= 4 is 23.4 Å². The molecule has 5 heteroatoms. The average Bonchev–Trinajstić information content (AvgIpc) is 2.85. The summed E-state index contributed by atoms with van der Waals surface area (Å²) in [6.45, 7) is 3.08. The molecule has 4 nitrogen and oxygen atoms in total. The summed E-state index contributed by atoms with van der Waals surface area (Å²) in [7, 11) is 1.78. The summed E-state index contributed by atoms with van der Waals surface area (Å²) in [5, 5.41) is 10.6. The first-order valence-corrected chi connectivity index (χ1v) is 7.29. The Labute approximate surface area is 117 Å². The van der Waals surface area contributed by atoms with Crippen LogP contribution >= 0.6 is 11.3 Å². The lowest BCUT2D eigenvalue weighted by Crippen LogP contribution is -2.35. The summed E-state index contributed by atoms with van der Waals surface area (Å²) in [5.74, 6) is -0.908. The Morgan fingerprint density at radius 2 is 2.32 bits per heavy atom. The summed E-state index contributed by atoms with van der Waals surface area (Å²) in [4.78, 5) is 14.2. The highest BCUT2D eigenvalue weighted by Crippen LogP contribution is 2.21. The summed E-state index contributed by atoms with van der Waals surface area (Å²) in [5.41, 5.74) is 0.967. The number of carboxylic acid groups (broad SMARTS) is 1. The van der Waals surface area contributed by atoms with Crippen molar-refractivity contribution in [3.8, 4) is 0 Å². The first-order valence-electron chi connectivity index (χ1n) is 6.41. The third-order valence-electron chi connectivity index (χ3n) is 3.34. The maximum absolute atomic E-state index is 10.5. The minimum absolute atomic E-state index is 0.411. The molecular weight excluding hydrogens is 262 g/mol. The van der Waals surface area contributed by atoms with Gasteiger partial charge in [-0.05, 0) is 35.9 Å². The van der Waals surface area contributed by atoms with E-state index < -0.39 is 5.97 Å². The van der Waals surface area contributed by atoms with Crippen LogP contribution < -0.4 is 0 Å². The van der Waals surface area contributed by atoms with E-state index >= 15 is 0 Å². The molecule has 2 rings (SSSR count). The predicted molar refractivity (Wildman–Crippen MR) is 76.3 cm³/mol. The Morgan fingerprint density at radius 1 is 1.58 bits per heavy atom. The molecule has 104 valence electrons. The first kappa shape index (κ1) is 14.2. The van der Waals surface area contributed by atoms with Crippen LogP contribution in [0.4, 0.5) is 0 Å². The number of rotatable bonds is 5. The first-order chi connectivity index (χ1) is 9.17. The van der Waals surface area contributed by atoms with Crippen molar-refractivity contribution in [1.82, 2.24) is 4.90 Å². The van der Waals surface area contributed by atoms with E-state index in [-0.39, 0.29) is 0 Å². The van der Waals surface area contributed by atoms with Crippen LogP contribution in [0.25, 0.3) is 6.08 Å². The molecule has 0 saturated carbocycles. The Morgan fingerprint density at radius 3 is 2.95 bits per heavy atom. The fraction of sp³-hybridized carbons (Fsp3) is 0.500. The van der Waals surface area contributed by atoms with Gasteiger partial charge in [-0.1, -0.05) is 0 Å². The van der Waals surface area contributed by atoms with Gasteiger partial charge < -0.3 is 9.84 Å². The van der Waals surface area contributed by atoms with Gasteiger partial charge in [-0.3, -0.25) is 4.90 Å². The van der Waals surface area contributed by atoms with E-state index in [1.807, 2.05) is 5.38 Å². The summed E-state index contributed by atoms with van der Waals surface area (Å²) in [6.07, 6.45) is 5.41. The van der Waals surface area contributed by atoms with E-state index in [4.69, 9.17) is 9.84 Å². The highest BCUT2D eigenvalue weighted by Gasteiger charge is 2.18. The maximum atomic E-state index is 10.5. The molecule has 1 aliphatic heterocycles. The number of aliphatic carboxylic acids is 1. The van der Waals surface area contributed by atoms with Gasteiger partial charge in [0.15, 0.2) is 0 Å². The lowest BCUT2D eigenvalue weighted by Gasteiger charge is -2.30. The smallest absolute Gasteiger partial charge is 0.328 e. The van der Waals surface area contributed by atoms with Gasteiger partial charge in [0.25, 0.3) is 0 Å². The van der Waals surface area contributed by atoms with Gasteiger partial charge in [-0.2, -0.15) is 0 Å². The van der Waals surface area contributed by atoms with Gasteiger partial charge in [0.05, 0.1) is 6.10 Å². The SMILES string of the molecule is COC1CCN(Cc2cc(C=CC(=O)O)cs2)CC1. The molecule has 1 N–H and O–H groups in total. The van der Waals surface area contributed by atoms with Crippen molar-refractivity contribution in [1.29, 1.82) is 0 Å². The van der Waals surface area contributed by atoms with Crippen LogP contribution in [-0.4, -0.2) is 42.3 Å². The largest absolute Gasteiger partial charge is 0.478 e. The molecule has 0 amide bonds. The van der Waals surface area contributed by atoms with Gasteiger partial charge in [-0.25, -0.2) is 4.79 Å². The third-order valence-corrected chi connectivity index (χ3v) is 4.28. The molecule has 2 heterocycles. The molecule has 0 spiro atoms. The molecule has 0 aromatic carbocycles. The molecule has 19 heavy (non-hydrogen) atoms. The van der Waals surface area contributed by atoms with Crippen molar-refractivity contribution in [2.45, 2.75) is 25.5 Å². The third kappa shape index (κ3) is 4.45. The molecule has 1 aliphatic rings. The zero-order chi connectivity index (χ0) is 13.7. The number of ether oxygens (including phenoxy) is 1. The van der Waals surface area contributed by atoms with Crippen LogP contribution in [0.1, 0.15) is 23.3 Å². The normalized spacial score (nSPS) is 18.2. The quantitative estimate of drug-likeness (QED) is 0.842. The van der Waals surface area contributed by atoms with E-state index in [1.54, 1.807) is 24.5 Å².